The second-order valence-corrected chi connectivity index (χ2v) is 11.5. The summed E-state index contributed by atoms with van der Waals surface area (Å²) in [6.45, 7) is 15.1. The number of amides is 3. The average molecular weight is 486 g/mol. The van der Waals surface area contributed by atoms with Crippen molar-refractivity contribution in [1.82, 2.24) is 15.1 Å². The van der Waals surface area contributed by atoms with Gasteiger partial charge in [-0.05, 0) is 81.7 Å². The fourth-order valence-electron chi connectivity index (χ4n) is 4.16. The number of nitrogens with zero attached hydrogens (tertiary/aromatic N) is 2. The van der Waals surface area contributed by atoms with Gasteiger partial charge in [0.15, 0.2) is 0 Å². The Kier molecular flexibility index (Phi) is 8.29. The van der Waals surface area contributed by atoms with Crippen molar-refractivity contribution in [2.24, 2.45) is 0 Å². The zero-order valence-corrected chi connectivity index (χ0v) is 22.4. The summed E-state index contributed by atoms with van der Waals surface area (Å²) in [4.78, 5) is 31.3. The third kappa shape index (κ3) is 6.32. The van der Waals surface area contributed by atoms with Crippen molar-refractivity contribution in [1.29, 1.82) is 0 Å². The number of rotatable bonds is 7. The molecule has 0 aliphatic carbocycles. The van der Waals surface area contributed by atoms with E-state index in [0.717, 1.165) is 17.7 Å². The van der Waals surface area contributed by atoms with Crippen LogP contribution in [0.3, 0.4) is 0 Å². The first-order valence-corrected chi connectivity index (χ1v) is 13.0. The van der Waals surface area contributed by atoms with Gasteiger partial charge in [-0.1, -0.05) is 26.0 Å². The van der Waals surface area contributed by atoms with Gasteiger partial charge < -0.3 is 19.9 Å². The highest BCUT2D eigenvalue weighted by Crippen LogP contribution is 2.34. The molecule has 0 saturated carbocycles. The summed E-state index contributed by atoms with van der Waals surface area (Å²) >= 11 is 1.73. The maximum Gasteiger partial charge on any atom is 0.318 e. The van der Waals surface area contributed by atoms with Gasteiger partial charge in [0, 0.05) is 23.0 Å². The third-order valence-corrected chi connectivity index (χ3v) is 7.13. The van der Waals surface area contributed by atoms with Gasteiger partial charge in [0.1, 0.15) is 18.9 Å². The number of hydrogen-bond donors (Lipinski definition) is 1. The lowest BCUT2D eigenvalue weighted by atomic mass is 10.00. The van der Waals surface area contributed by atoms with Crippen LogP contribution in [-0.4, -0.2) is 53.0 Å². The molecule has 34 heavy (non-hydrogen) atoms. The Labute approximate surface area is 208 Å². The van der Waals surface area contributed by atoms with Gasteiger partial charge in [0.25, 0.3) is 0 Å². The van der Waals surface area contributed by atoms with Crippen molar-refractivity contribution in [2.75, 3.05) is 19.7 Å². The van der Waals surface area contributed by atoms with E-state index < -0.39 is 5.54 Å². The normalized spacial score (nSPS) is 15.9. The van der Waals surface area contributed by atoms with Gasteiger partial charge in [0.2, 0.25) is 5.91 Å². The Morgan fingerprint density at radius 1 is 1.15 bits per heavy atom. The van der Waals surface area contributed by atoms with E-state index in [-0.39, 0.29) is 30.6 Å². The molecule has 6 nitrogen and oxygen atoms in total. The Balaban J connectivity index is 1.78. The number of benzene rings is 1. The monoisotopic (exact) mass is 485 g/mol. The number of hydrogen-bond acceptors (Lipinski definition) is 4. The summed E-state index contributed by atoms with van der Waals surface area (Å²) in [5.41, 5.74) is 1.93. The molecule has 0 saturated heterocycles. The maximum atomic E-state index is 13.6. The highest BCUT2D eigenvalue weighted by Gasteiger charge is 2.36. The third-order valence-electron chi connectivity index (χ3n) is 6.13. The van der Waals surface area contributed by atoms with Crippen molar-refractivity contribution in [3.8, 4) is 5.75 Å². The Morgan fingerprint density at radius 2 is 1.82 bits per heavy atom. The Bertz CT molecular complexity index is 976. The van der Waals surface area contributed by atoms with E-state index in [9.17, 15) is 9.59 Å². The maximum absolute atomic E-state index is 13.6. The summed E-state index contributed by atoms with van der Waals surface area (Å²) in [6.07, 6.45) is 0.825. The molecular weight excluding hydrogens is 446 g/mol. The predicted octanol–water partition coefficient (Wildman–Crippen LogP) is 5.59. The zero-order valence-electron chi connectivity index (χ0n) is 21.6. The largest absolute Gasteiger partial charge is 0.491 e. The molecule has 0 fully saturated rings. The lowest BCUT2D eigenvalue weighted by molar-refractivity contribution is -0.136. The van der Waals surface area contributed by atoms with Crippen molar-refractivity contribution < 1.29 is 14.3 Å². The molecule has 3 rings (SSSR count). The van der Waals surface area contributed by atoms with Gasteiger partial charge in [-0.15, -0.1) is 11.3 Å². The Hall–Kier alpha value is -2.54. The molecule has 0 spiro atoms. The van der Waals surface area contributed by atoms with Crippen molar-refractivity contribution in [2.45, 2.75) is 78.4 Å². The minimum Gasteiger partial charge on any atom is -0.491 e. The van der Waals surface area contributed by atoms with Crippen molar-refractivity contribution in [3.05, 3.63) is 51.7 Å². The summed E-state index contributed by atoms with van der Waals surface area (Å²) in [5.74, 6) is 1.20. The number of carbonyl (C=O) groups is 2. The first kappa shape index (κ1) is 26.1. The molecule has 1 aromatic heterocycles. The van der Waals surface area contributed by atoms with Crippen LogP contribution in [0.15, 0.2) is 35.7 Å². The number of fused-ring (bicyclic) bond motifs is 1. The molecule has 1 aliphatic heterocycles. The minimum atomic E-state index is -0.484. The lowest BCUT2D eigenvalue weighted by Crippen LogP contribution is -2.56. The quantitative estimate of drug-likeness (QED) is 0.556. The summed E-state index contributed by atoms with van der Waals surface area (Å²) in [7, 11) is 0. The number of ether oxygens (including phenoxy) is 1. The standard InChI is InChI=1S/C27H39N3O3S/c1-18(2)20-8-10-21(11-9-20)33-17-23-22-13-15-34-24(22)12-14-29(23)25(31)16-30(27(5,6)7)26(32)28-19(3)4/h8-11,13,15,18-19,23H,12,14,16-17H2,1-7H3,(H,28,32). The van der Waals surface area contributed by atoms with Gasteiger partial charge in [-0.3, -0.25) is 4.79 Å². The number of urea groups is 1. The number of thiophene rings is 1. The van der Waals surface area contributed by atoms with Crippen LogP contribution in [0.5, 0.6) is 5.75 Å². The second kappa shape index (κ2) is 10.8. The first-order chi connectivity index (χ1) is 16.0. The number of carbonyl (C=O) groups excluding carboxylic acids is 2. The fraction of sp³-hybridized carbons (Fsp3) is 0.556. The van der Waals surface area contributed by atoms with Crippen LogP contribution in [0.25, 0.3) is 0 Å². The molecule has 1 atom stereocenters. The summed E-state index contributed by atoms with van der Waals surface area (Å²) in [6, 6.07) is 9.88. The van der Waals surface area contributed by atoms with E-state index in [4.69, 9.17) is 4.74 Å². The van der Waals surface area contributed by atoms with Gasteiger partial charge in [0.05, 0.1) is 6.04 Å². The van der Waals surface area contributed by atoms with Gasteiger partial charge in [-0.25, -0.2) is 4.79 Å². The van der Waals surface area contributed by atoms with E-state index in [1.165, 1.54) is 10.4 Å². The SMILES string of the molecule is CC(C)NC(=O)N(CC(=O)N1CCc2sccc2C1COc1ccc(C(C)C)cc1)C(C)(C)C. The average Bonchev–Trinajstić information content (AvgIpc) is 3.23. The van der Waals surface area contributed by atoms with Crippen LogP contribution in [0, 0.1) is 0 Å². The molecule has 1 aliphatic rings. The van der Waals surface area contributed by atoms with E-state index in [1.807, 2.05) is 51.7 Å². The van der Waals surface area contributed by atoms with Crippen molar-refractivity contribution in [3.63, 3.8) is 0 Å². The molecule has 1 N–H and O–H groups in total. The van der Waals surface area contributed by atoms with E-state index in [0.29, 0.717) is 19.1 Å². The zero-order chi connectivity index (χ0) is 25.0. The highest BCUT2D eigenvalue weighted by atomic mass is 32.1. The van der Waals surface area contributed by atoms with Crippen molar-refractivity contribution >= 4 is 23.3 Å². The molecular formula is C27H39N3O3S. The van der Waals surface area contributed by atoms with Gasteiger partial charge >= 0.3 is 6.03 Å². The molecule has 7 heteroatoms. The second-order valence-electron chi connectivity index (χ2n) is 10.5. The van der Waals surface area contributed by atoms with E-state index in [2.05, 4.69) is 42.7 Å². The molecule has 3 amide bonds. The predicted molar refractivity (Wildman–Crippen MR) is 139 cm³/mol. The molecule has 2 aromatic rings. The molecule has 2 heterocycles. The highest BCUT2D eigenvalue weighted by molar-refractivity contribution is 7.10. The number of nitrogens with one attached hydrogen (secondary N) is 1. The van der Waals surface area contributed by atoms with Gasteiger partial charge in [-0.2, -0.15) is 0 Å². The van der Waals surface area contributed by atoms with E-state index in [1.54, 1.807) is 16.2 Å². The van der Waals surface area contributed by atoms with Crippen LogP contribution in [0.2, 0.25) is 0 Å². The molecule has 186 valence electrons. The smallest absolute Gasteiger partial charge is 0.318 e. The molecule has 1 unspecified atom stereocenters. The molecule has 1 aromatic carbocycles. The Morgan fingerprint density at radius 3 is 2.41 bits per heavy atom. The van der Waals surface area contributed by atoms with Crippen LogP contribution in [0.1, 0.15) is 76.4 Å². The molecule has 0 bridgehead atoms. The molecule has 0 radical (unpaired) electrons. The lowest BCUT2D eigenvalue weighted by Gasteiger charge is -2.40. The van der Waals surface area contributed by atoms with Crippen LogP contribution in [0.4, 0.5) is 4.79 Å². The van der Waals surface area contributed by atoms with Crippen LogP contribution >= 0.6 is 11.3 Å². The van der Waals surface area contributed by atoms with E-state index >= 15 is 0 Å². The minimum absolute atomic E-state index is 0.000893. The summed E-state index contributed by atoms with van der Waals surface area (Å²) < 4.78 is 6.18. The first-order valence-electron chi connectivity index (χ1n) is 12.1. The van der Waals surface area contributed by atoms with Crippen LogP contribution < -0.4 is 10.1 Å². The van der Waals surface area contributed by atoms with Crippen LogP contribution in [-0.2, 0) is 11.2 Å². The fourth-order valence-corrected chi connectivity index (χ4v) is 5.09. The topological polar surface area (TPSA) is 61.9 Å². The summed E-state index contributed by atoms with van der Waals surface area (Å²) in [5, 5.41) is 5.02.